The van der Waals surface area contributed by atoms with E-state index in [0.29, 0.717) is 0 Å². The highest BCUT2D eigenvalue weighted by atomic mass is 15.1. The van der Waals surface area contributed by atoms with E-state index in [0.717, 1.165) is 5.57 Å². The highest BCUT2D eigenvalue weighted by molar-refractivity contribution is 4.90. The second-order valence-electron chi connectivity index (χ2n) is 1.62. The van der Waals surface area contributed by atoms with Crippen molar-refractivity contribution >= 4 is 0 Å². The van der Waals surface area contributed by atoms with Crippen LogP contribution in [0.15, 0.2) is 34.8 Å². The van der Waals surface area contributed by atoms with Gasteiger partial charge in [0.1, 0.15) is 0 Å². The van der Waals surface area contributed by atoms with Gasteiger partial charge in [-0.1, -0.05) is 26.0 Å². The molecular weight excluding hydrogens is 124 g/mol. The molecule has 0 radical (unpaired) electrons. The fourth-order valence-electron chi connectivity index (χ4n) is 0.196. The van der Waals surface area contributed by atoms with Crippen LogP contribution in [0.5, 0.6) is 0 Å². The molecule has 0 aliphatic rings. The molecule has 0 N–H and O–H groups in total. The molecule has 0 rings (SSSR count). The molecule has 0 aromatic carbocycles. The fraction of sp³-hybridized carbons (Fsp3) is 0.500. The molecule has 0 fully saturated rings. The first-order valence-corrected chi connectivity index (χ1v) is 3.41. The highest BCUT2D eigenvalue weighted by Gasteiger charge is 1.67. The van der Waals surface area contributed by atoms with Crippen LogP contribution in [0.1, 0.15) is 27.7 Å². The third kappa shape index (κ3) is 15.7. The molecule has 0 atom stereocenters. The lowest BCUT2D eigenvalue weighted by Gasteiger charge is -1.77. The van der Waals surface area contributed by atoms with E-state index in [1.807, 2.05) is 27.7 Å². The highest BCUT2D eigenvalue weighted by Crippen LogP contribution is 1.88. The molecule has 0 spiro atoms. The van der Waals surface area contributed by atoms with E-state index in [1.54, 1.807) is 6.20 Å². The smallest absolute Gasteiger partial charge is 0.0482 e. The van der Waals surface area contributed by atoms with Crippen LogP contribution in [-0.4, -0.2) is 0 Å². The van der Waals surface area contributed by atoms with Crippen molar-refractivity contribution in [2.24, 2.45) is 10.2 Å². The van der Waals surface area contributed by atoms with E-state index < -0.39 is 0 Å². The van der Waals surface area contributed by atoms with Gasteiger partial charge in [0, 0.05) is 12.4 Å². The summed E-state index contributed by atoms with van der Waals surface area (Å²) in [6.45, 7) is 11.3. The number of hydrogen-bond acceptors (Lipinski definition) is 2. The Bertz CT molecular complexity index is 119. The van der Waals surface area contributed by atoms with Crippen molar-refractivity contribution < 1.29 is 0 Å². The average molecular weight is 140 g/mol. The number of rotatable bonds is 2. The van der Waals surface area contributed by atoms with Crippen molar-refractivity contribution in [2.75, 3.05) is 0 Å². The Balaban J connectivity index is 0. The van der Waals surface area contributed by atoms with E-state index >= 15 is 0 Å². The Morgan fingerprint density at radius 2 is 1.70 bits per heavy atom. The van der Waals surface area contributed by atoms with Gasteiger partial charge in [0.25, 0.3) is 0 Å². The van der Waals surface area contributed by atoms with Crippen LogP contribution in [0, 0.1) is 0 Å². The van der Waals surface area contributed by atoms with E-state index in [9.17, 15) is 0 Å². The normalized spacial score (nSPS) is 8.00. The maximum Gasteiger partial charge on any atom is 0.0482 e. The van der Waals surface area contributed by atoms with Crippen molar-refractivity contribution in [3.8, 4) is 0 Å². The van der Waals surface area contributed by atoms with Crippen molar-refractivity contribution in [3.63, 3.8) is 0 Å². The van der Waals surface area contributed by atoms with Crippen LogP contribution in [0.25, 0.3) is 0 Å². The molecule has 10 heavy (non-hydrogen) atoms. The maximum atomic E-state index is 3.63. The summed E-state index contributed by atoms with van der Waals surface area (Å²) in [7, 11) is 0. The summed E-state index contributed by atoms with van der Waals surface area (Å²) in [4.78, 5) is 0. The molecule has 0 saturated heterocycles. The Morgan fingerprint density at radius 3 is 2.00 bits per heavy atom. The zero-order valence-electron chi connectivity index (χ0n) is 7.26. The summed E-state index contributed by atoms with van der Waals surface area (Å²) >= 11 is 0. The number of nitrogens with zero attached hydrogens (tertiary/aromatic N) is 2. The van der Waals surface area contributed by atoms with Crippen LogP contribution in [0.3, 0.4) is 0 Å². The Hall–Kier alpha value is -0.920. The molecule has 0 unspecified atom stereocenters. The first-order valence-electron chi connectivity index (χ1n) is 3.41. The summed E-state index contributed by atoms with van der Waals surface area (Å²) in [5, 5.41) is 7.16. The second kappa shape index (κ2) is 11.0. The third-order valence-corrected chi connectivity index (χ3v) is 0.464. The van der Waals surface area contributed by atoms with E-state index in [4.69, 9.17) is 0 Å². The average Bonchev–Trinajstić information content (AvgIpc) is 1.92. The van der Waals surface area contributed by atoms with Crippen LogP contribution >= 0.6 is 0 Å². The topological polar surface area (TPSA) is 24.7 Å². The minimum atomic E-state index is 1.13. The van der Waals surface area contributed by atoms with E-state index in [2.05, 4.69) is 16.8 Å². The number of azo groups is 1. The lowest BCUT2D eigenvalue weighted by molar-refractivity contribution is 1.19. The van der Waals surface area contributed by atoms with Crippen LogP contribution in [0.4, 0.5) is 0 Å². The first-order chi connectivity index (χ1) is 4.77. The van der Waals surface area contributed by atoms with Gasteiger partial charge in [0.05, 0.1) is 0 Å². The van der Waals surface area contributed by atoms with Crippen LogP contribution in [0.2, 0.25) is 0 Å². The Labute approximate surface area is 63.4 Å². The summed E-state index contributed by atoms with van der Waals surface area (Å²) in [5.74, 6) is 0. The van der Waals surface area contributed by atoms with Crippen molar-refractivity contribution in [3.05, 3.63) is 24.6 Å². The quantitative estimate of drug-likeness (QED) is 0.524. The molecule has 2 nitrogen and oxygen atoms in total. The fourth-order valence-corrected chi connectivity index (χ4v) is 0.196. The molecule has 0 bridgehead atoms. The van der Waals surface area contributed by atoms with Gasteiger partial charge in [-0.3, -0.25) is 0 Å². The maximum absolute atomic E-state index is 3.63. The van der Waals surface area contributed by atoms with Gasteiger partial charge in [-0.05, 0) is 13.8 Å². The lowest BCUT2D eigenvalue weighted by Crippen LogP contribution is -1.56. The monoisotopic (exact) mass is 140 g/mol. The van der Waals surface area contributed by atoms with Gasteiger partial charge in [-0.25, -0.2) is 0 Å². The van der Waals surface area contributed by atoms with Crippen molar-refractivity contribution in [1.82, 2.24) is 0 Å². The molecule has 0 aromatic rings. The molecular formula is C8H16N2. The summed E-state index contributed by atoms with van der Waals surface area (Å²) in [6.07, 6.45) is 3.08. The van der Waals surface area contributed by atoms with Crippen molar-refractivity contribution in [2.45, 2.75) is 27.7 Å². The second-order valence-corrected chi connectivity index (χ2v) is 1.62. The minimum Gasteiger partial charge on any atom is -0.160 e. The number of hydrogen-bond donors (Lipinski definition) is 0. The SMILES string of the molecule is C=CN=NC=C(C)C.CC. The zero-order chi connectivity index (χ0) is 8.41. The van der Waals surface area contributed by atoms with Gasteiger partial charge in [-0.15, -0.1) is 0 Å². The molecule has 0 aromatic heterocycles. The summed E-state index contributed by atoms with van der Waals surface area (Å²) in [5.41, 5.74) is 1.13. The lowest BCUT2D eigenvalue weighted by atomic mass is 10.4. The van der Waals surface area contributed by atoms with Crippen LogP contribution in [-0.2, 0) is 0 Å². The predicted octanol–water partition coefficient (Wildman–Crippen LogP) is 3.53. The van der Waals surface area contributed by atoms with Gasteiger partial charge < -0.3 is 0 Å². The standard InChI is InChI=1S/C6H10N2.C2H6/c1-4-7-8-5-6(2)3;1-2/h4-5H,1H2,2-3H3;1-2H3. The molecule has 0 heterocycles. The molecule has 2 heteroatoms. The van der Waals surface area contributed by atoms with Gasteiger partial charge in [0.15, 0.2) is 0 Å². The zero-order valence-corrected chi connectivity index (χ0v) is 7.26. The van der Waals surface area contributed by atoms with E-state index in [1.165, 1.54) is 6.20 Å². The van der Waals surface area contributed by atoms with Gasteiger partial charge in [0.2, 0.25) is 0 Å². The Kier molecular flexibility index (Phi) is 13.0. The van der Waals surface area contributed by atoms with Crippen molar-refractivity contribution in [1.29, 1.82) is 0 Å². The Morgan fingerprint density at radius 1 is 1.20 bits per heavy atom. The largest absolute Gasteiger partial charge is 0.160 e. The first kappa shape index (κ1) is 11.8. The minimum absolute atomic E-state index is 1.13. The number of allylic oxidation sites excluding steroid dienone is 1. The van der Waals surface area contributed by atoms with Crippen LogP contribution < -0.4 is 0 Å². The summed E-state index contributed by atoms with van der Waals surface area (Å²) in [6, 6.07) is 0. The molecule has 0 amide bonds. The summed E-state index contributed by atoms with van der Waals surface area (Å²) < 4.78 is 0. The van der Waals surface area contributed by atoms with E-state index in [-0.39, 0.29) is 0 Å². The molecule has 0 aliphatic heterocycles. The molecule has 58 valence electrons. The molecule has 0 saturated carbocycles. The molecule has 0 aliphatic carbocycles. The van der Waals surface area contributed by atoms with Gasteiger partial charge >= 0.3 is 0 Å². The third-order valence-electron chi connectivity index (χ3n) is 0.464. The predicted molar refractivity (Wildman–Crippen MR) is 45.8 cm³/mol. The van der Waals surface area contributed by atoms with Gasteiger partial charge in [-0.2, -0.15) is 10.2 Å².